The summed E-state index contributed by atoms with van der Waals surface area (Å²) in [5.41, 5.74) is 1.86. The quantitative estimate of drug-likeness (QED) is 0.452. The molecule has 0 amide bonds. The van der Waals surface area contributed by atoms with Crippen molar-refractivity contribution in [1.29, 1.82) is 0 Å². The van der Waals surface area contributed by atoms with Crippen LogP contribution in [0.4, 0.5) is 0 Å². The van der Waals surface area contributed by atoms with Gasteiger partial charge in [-0.3, -0.25) is 9.36 Å². The molecule has 1 aromatic carbocycles. The monoisotopic (exact) mass is 398 g/mol. The molecule has 0 saturated carbocycles. The van der Waals surface area contributed by atoms with Gasteiger partial charge in [-0.15, -0.1) is 0 Å². The van der Waals surface area contributed by atoms with Gasteiger partial charge in [0.25, 0.3) is 0 Å². The maximum Gasteiger partial charge on any atom is 0.343 e. The molecule has 0 saturated heterocycles. The summed E-state index contributed by atoms with van der Waals surface area (Å²) < 4.78 is 29.0. The summed E-state index contributed by atoms with van der Waals surface area (Å²) >= 11 is 0. The molecular formula is C21H35O5P. The van der Waals surface area contributed by atoms with Gasteiger partial charge >= 0.3 is 7.60 Å². The molecule has 1 rings (SSSR count). The molecule has 0 aliphatic rings. The van der Waals surface area contributed by atoms with Gasteiger partial charge in [0.1, 0.15) is 10.9 Å². The number of Topliss-reactive ketones (excluding diaryl/α,β-unsaturated/α-hetero) is 1. The predicted molar refractivity (Wildman–Crippen MR) is 110 cm³/mol. The van der Waals surface area contributed by atoms with Crippen LogP contribution < -0.4 is 4.74 Å². The number of carbonyl (C=O) groups is 1. The lowest BCUT2D eigenvalue weighted by Gasteiger charge is -2.33. The Morgan fingerprint density at radius 2 is 1.19 bits per heavy atom. The smallest absolute Gasteiger partial charge is 0.343 e. The largest absolute Gasteiger partial charge is 0.496 e. The molecule has 6 heteroatoms. The standard InChI is InChI=1S/C21H35O5P/c1-19(2,3)15-12-14(13-16(17(15)24-9)20(4,5)6)18(22)21(7,8)27(23,25-10)26-11/h12-13H,1-11H3. The highest BCUT2D eigenvalue weighted by Gasteiger charge is 2.49. The Morgan fingerprint density at radius 3 is 1.44 bits per heavy atom. The molecular weight excluding hydrogens is 363 g/mol. The van der Waals surface area contributed by atoms with E-state index < -0.39 is 12.8 Å². The third-order valence-electron chi connectivity index (χ3n) is 4.89. The second-order valence-electron chi connectivity index (χ2n) is 9.36. The SMILES string of the molecule is COc1c(C(C)(C)C)cc(C(=O)C(C)(C)P(=O)(OC)OC)cc1C(C)(C)C. The second kappa shape index (κ2) is 7.69. The van der Waals surface area contributed by atoms with Crippen molar-refractivity contribution in [1.82, 2.24) is 0 Å². The minimum absolute atomic E-state index is 0.238. The Balaban J connectivity index is 3.81. The summed E-state index contributed by atoms with van der Waals surface area (Å²) in [4.78, 5) is 13.4. The Bertz CT molecular complexity index is 708. The van der Waals surface area contributed by atoms with Crippen LogP contribution in [0, 0.1) is 0 Å². The summed E-state index contributed by atoms with van der Waals surface area (Å²) in [7, 11) is 0.631. The highest BCUT2D eigenvalue weighted by atomic mass is 31.2. The first-order valence-electron chi connectivity index (χ1n) is 9.06. The predicted octanol–water partition coefficient (Wildman–Crippen LogP) is 5.74. The number of carbonyl (C=O) groups excluding carboxylic acids is 1. The van der Waals surface area contributed by atoms with E-state index in [2.05, 4.69) is 41.5 Å². The summed E-state index contributed by atoms with van der Waals surface area (Å²) in [5.74, 6) is 0.499. The molecule has 0 aromatic heterocycles. The van der Waals surface area contributed by atoms with Crippen molar-refractivity contribution in [3.63, 3.8) is 0 Å². The van der Waals surface area contributed by atoms with Crippen molar-refractivity contribution in [2.75, 3.05) is 21.3 Å². The molecule has 0 atom stereocenters. The lowest BCUT2D eigenvalue weighted by molar-refractivity contribution is 0.0931. The van der Waals surface area contributed by atoms with Crippen molar-refractivity contribution in [2.24, 2.45) is 0 Å². The Hall–Kier alpha value is -1.16. The normalized spacial score (nSPS) is 13.6. The first-order valence-corrected chi connectivity index (χ1v) is 10.6. The van der Waals surface area contributed by atoms with Crippen LogP contribution in [0.2, 0.25) is 0 Å². The Labute approximate surface area is 164 Å². The number of methoxy groups -OCH3 is 1. The average molecular weight is 398 g/mol. The molecule has 0 aliphatic carbocycles. The lowest BCUT2D eigenvalue weighted by atomic mass is 9.77. The van der Waals surface area contributed by atoms with Gasteiger partial charge in [-0.1, -0.05) is 41.5 Å². The number of ketones is 1. The van der Waals surface area contributed by atoms with E-state index in [0.29, 0.717) is 5.56 Å². The summed E-state index contributed by atoms with van der Waals surface area (Å²) in [5, 5.41) is -1.32. The number of rotatable bonds is 6. The Morgan fingerprint density at radius 1 is 0.815 bits per heavy atom. The fourth-order valence-corrected chi connectivity index (χ4v) is 4.54. The van der Waals surface area contributed by atoms with Crippen molar-refractivity contribution in [2.45, 2.75) is 71.4 Å². The topological polar surface area (TPSA) is 61.8 Å². The van der Waals surface area contributed by atoms with E-state index in [4.69, 9.17) is 13.8 Å². The van der Waals surface area contributed by atoms with Crippen LogP contribution in [0.3, 0.4) is 0 Å². The molecule has 0 bridgehead atoms. The lowest BCUT2D eigenvalue weighted by Crippen LogP contribution is -2.34. The maximum absolute atomic E-state index is 13.4. The molecule has 1 aromatic rings. The number of hydrogen-bond donors (Lipinski definition) is 0. The number of ether oxygens (including phenoxy) is 1. The van der Waals surface area contributed by atoms with E-state index in [-0.39, 0.29) is 16.6 Å². The average Bonchev–Trinajstić information content (AvgIpc) is 2.57. The third-order valence-corrected chi connectivity index (χ3v) is 7.43. The van der Waals surface area contributed by atoms with Crippen LogP contribution >= 0.6 is 7.60 Å². The molecule has 154 valence electrons. The van der Waals surface area contributed by atoms with Gasteiger partial charge in [0, 0.05) is 30.9 Å². The van der Waals surface area contributed by atoms with Gasteiger partial charge in [0.05, 0.1) is 7.11 Å². The van der Waals surface area contributed by atoms with E-state index in [1.54, 1.807) is 21.0 Å². The van der Waals surface area contributed by atoms with Gasteiger partial charge in [-0.2, -0.15) is 0 Å². The number of hydrogen-bond acceptors (Lipinski definition) is 5. The van der Waals surface area contributed by atoms with Crippen LogP contribution in [0.25, 0.3) is 0 Å². The summed E-state index contributed by atoms with van der Waals surface area (Å²) in [6.45, 7) is 15.6. The zero-order chi connectivity index (χ0) is 21.4. The minimum Gasteiger partial charge on any atom is -0.496 e. The van der Waals surface area contributed by atoms with E-state index in [9.17, 15) is 9.36 Å². The van der Waals surface area contributed by atoms with Crippen LogP contribution in [0.1, 0.15) is 76.9 Å². The molecule has 0 N–H and O–H groups in total. The molecule has 0 fully saturated rings. The van der Waals surface area contributed by atoms with E-state index in [1.165, 1.54) is 14.2 Å². The van der Waals surface area contributed by atoms with E-state index in [0.717, 1.165) is 16.9 Å². The first-order chi connectivity index (χ1) is 12.1. The zero-order valence-corrected chi connectivity index (χ0v) is 19.5. The molecule has 0 heterocycles. The molecule has 0 radical (unpaired) electrons. The zero-order valence-electron chi connectivity index (χ0n) is 18.6. The highest BCUT2D eigenvalue weighted by Crippen LogP contribution is 2.60. The van der Waals surface area contributed by atoms with Crippen molar-refractivity contribution < 1.29 is 23.1 Å². The molecule has 5 nitrogen and oxygen atoms in total. The third kappa shape index (κ3) is 4.47. The van der Waals surface area contributed by atoms with E-state index in [1.807, 2.05) is 12.1 Å². The molecule has 27 heavy (non-hydrogen) atoms. The second-order valence-corrected chi connectivity index (χ2v) is 12.2. The van der Waals surface area contributed by atoms with Gasteiger partial charge in [-0.25, -0.2) is 0 Å². The van der Waals surface area contributed by atoms with Crippen molar-refractivity contribution in [3.05, 3.63) is 28.8 Å². The summed E-state index contributed by atoms with van der Waals surface area (Å²) in [6, 6.07) is 3.68. The van der Waals surface area contributed by atoms with Crippen LogP contribution in [0.5, 0.6) is 5.75 Å². The van der Waals surface area contributed by atoms with Crippen LogP contribution in [-0.2, 0) is 24.4 Å². The number of benzene rings is 1. The van der Waals surface area contributed by atoms with E-state index >= 15 is 0 Å². The van der Waals surface area contributed by atoms with Gasteiger partial charge < -0.3 is 13.8 Å². The van der Waals surface area contributed by atoms with Gasteiger partial charge in [0.15, 0.2) is 5.78 Å². The molecule has 0 unspecified atom stereocenters. The van der Waals surface area contributed by atoms with Gasteiger partial charge in [0.2, 0.25) is 0 Å². The highest BCUT2D eigenvalue weighted by molar-refractivity contribution is 7.56. The van der Waals surface area contributed by atoms with Crippen LogP contribution in [-0.4, -0.2) is 32.3 Å². The first kappa shape index (κ1) is 23.9. The Kier molecular flexibility index (Phi) is 6.80. The maximum atomic E-state index is 13.4. The fraction of sp³-hybridized carbons (Fsp3) is 0.667. The minimum atomic E-state index is -3.62. The van der Waals surface area contributed by atoms with Crippen LogP contribution in [0.15, 0.2) is 12.1 Å². The van der Waals surface area contributed by atoms with Gasteiger partial charge in [-0.05, 0) is 36.8 Å². The van der Waals surface area contributed by atoms with Crippen molar-refractivity contribution in [3.8, 4) is 5.75 Å². The summed E-state index contributed by atoms with van der Waals surface area (Å²) in [6.07, 6.45) is 0. The molecule has 0 aliphatic heterocycles. The molecule has 0 spiro atoms. The fourth-order valence-electron chi connectivity index (χ4n) is 3.10. The van der Waals surface area contributed by atoms with Crippen molar-refractivity contribution >= 4 is 13.4 Å².